The number of fused-ring (bicyclic) bond motifs is 3. The summed E-state index contributed by atoms with van der Waals surface area (Å²) in [5.74, 6) is 2.09. The fourth-order valence-electron chi connectivity index (χ4n) is 3.30. The van der Waals surface area contributed by atoms with Crippen LogP contribution < -0.4 is 15.4 Å². The zero-order valence-corrected chi connectivity index (χ0v) is 16.7. The van der Waals surface area contributed by atoms with Gasteiger partial charge in [-0.3, -0.25) is 9.69 Å². The van der Waals surface area contributed by atoms with Crippen molar-refractivity contribution in [2.24, 2.45) is 5.73 Å². The third-order valence-corrected chi connectivity index (χ3v) is 5.94. The maximum atomic E-state index is 13.4. The monoisotopic (exact) mass is 436 g/mol. The minimum absolute atomic E-state index is 0.180. The number of nitrogens with zero attached hydrogens (tertiary/aromatic N) is 3. The summed E-state index contributed by atoms with van der Waals surface area (Å²) in [6.07, 6.45) is -1.13. The van der Waals surface area contributed by atoms with Crippen molar-refractivity contribution in [2.45, 2.75) is 36.1 Å². The molecule has 1 fully saturated rings. The number of hydrogen-bond donors (Lipinski definition) is 1. The van der Waals surface area contributed by atoms with Crippen molar-refractivity contribution < 1.29 is 27.8 Å². The van der Waals surface area contributed by atoms with E-state index in [2.05, 4.69) is 4.98 Å². The van der Waals surface area contributed by atoms with E-state index in [9.17, 15) is 18.4 Å². The number of primary amides is 1. The Morgan fingerprint density at radius 3 is 2.90 bits per heavy atom. The summed E-state index contributed by atoms with van der Waals surface area (Å²) < 4.78 is 39.5. The number of ether oxygens (including phenoxy) is 2. The zero-order chi connectivity index (χ0) is 21.4. The number of aromatic nitrogens is 2. The summed E-state index contributed by atoms with van der Waals surface area (Å²) in [6.45, 7) is 2.17. The maximum absolute atomic E-state index is 13.4. The number of benzene rings is 1. The minimum Gasteiger partial charge on any atom is -0.491 e. The van der Waals surface area contributed by atoms with Crippen LogP contribution >= 0.6 is 11.8 Å². The molecule has 0 radical (unpaired) electrons. The largest absolute Gasteiger partial charge is 0.491 e. The maximum Gasteiger partial charge on any atom is 0.284 e. The third kappa shape index (κ3) is 3.61. The van der Waals surface area contributed by atoms with Crippen molar-refractivity contribution in [3.8, 4) is 17.1 Å². The molecular formula is C19H18F2N4O4S. The number of halogens is 2. The van der Waals surface area contributed by atoms with E-state index in [1.807, 2.05) is 6.07 Å². The lowest BCUT2D eigenvalue weighted by Gasteiger charge is -2.19. The van der Waals surface area contributed by atoms with E-state index >= 15 is 0 Å². The normalized spacial score (nSPS) is 18.7. The molecule has 158 valence electrons. The topological polar surface area (TPSA) is 99.7 Å². The highest BCUT2D eigenvalue weighted by Gasteiger charge is 2.40. The van der Waals surface area contributed by atoms with Crippen LogP contribution in [0.3, 0.4) is 0 Å². The Labute approximate surface area is 174 Å². The van der Waals surface area contributed by atoms with Crippen molar-refractivity contribution in [2.75, 3.05) is 18.1 Å². The van der Waals surface area contributed by atoms with Crippen LogP contribution in [0.2, 0.25) is 0 Å². The Balaban J connectivity index is 1.71. The molecule has 1 aromatic heterocycles. The second-order valence-corrected chi connectivity index (χ2v) is 8.19. The Morgan fingerprint density at radius 2 is 2.20 bits per heavy atom. The number of alkyl halides is 2. The van der Waals surface area contributed by atoms with Crippen LogP contribution in [0.5, 0.6) is 5.75 Å². The first-order chi connectivity index (χ1) is 14.4. The highest BCUT2D eigenvalue weighted by Crippen LogP contribution is 2.38. The van der Waals surface area contributed by atoms with Gasteiger partial charge in [-0.05, 0) is 25.1 Å². The third-order valence-electron chi connectivity index (χ3n) is 4.83. The van der Waals surface area contributed by atoms with Gasteiger partial charge in [-0.25, -0.2) is 18.6 Å². The highest BCUT2D eigenvalue weighted by atomic mass is 32.2. The molecule has 2 aliphatic rings. The van der Waals surface area contributed by atoms with Crippen molar-refractivity contribution in [1.82, 2.24) is 9.55 Å². The first-order valence-electron chi connectivity index (χ1n) is 9.14. The first-order valence-corrected chi connectivity index (χ1v) is 10.0. The fraction of sp³-hybridized carbons (Fsp3) is 0.368. The lowest BCUT2D eigenvalue weighted by molar-refractivity contribution is -0.117. The van der Waals surface area contributed by atoms with E-state index in [1.54, 1.807) is 35.8 Å². The minimum atomic E-state index is -2.72. The quantitative estimate of drug-likeness (QED) is 0.566. The van der Waals surface area contributed by atoms with Gasteiger partial charge in [0.2, 0.25) is 5.91 Å². The molecule has 0 unspecified atom stereocenters. The predicted molar refractivity (Wildman–Crippen MR) is 105 cm³/mol. The summed E-state index contributed by atoms with van der Waals surface area (Å²) in [6, 6.07) is 4.08. The summed E-state index contributed by atoms with van der Waals surface area (Å²) in [5, 5.41) is -0.405. The van der Waals surface area contributed by atoms with Gasteiger partial charge in [0, 0.05) is 11.1 Å². The van der Waals surface area contributed by atoms with Crippen molar-refractivity contribution in [3.63, 3.8) is 0 Å². The zero-order valence-electron chi connectivity index (χ0n) is 15.9. The average molecular weight is 436 g/mol. The van der Waals surface area contributed by atoms with Gasteiger partial charge in [0.25, 0.3) is 12.3 Å². The second-order valence-electron chi connectivity index (χ2n) is 6.78. The summed E-state index contributed by atoms with van der Waals surface area (Å²) >= 11 is 1.31. The first kappa shape index (κ1) is 20.2. The Morgan fingerprint density at radius 1 is 1.40 bits per heavy atom. The van der Waals surface area contributed by atoms with Crippen LogP contribution in [-0.2, 0) is 20.9 Å². The molecule has 0 bridgehead atoms. The van der Waals surface area contributed by atoms with Crippen LogP contribution in [0, 0.1) is 0 Å². The number of rotatable bonds is 5. The molecule has 11 heteroatoms. The molecule has 0 saturated carbocycles. The van der Waals surface area contributed by atoms with Gasteiger partial charge < -0.3 is 19.8 Å². The Bertz CT molecular complexity index is 1040. The Hall–Kier alpha value is -3.04. The molecule has 2 aromatic rings. The van der Waals surface area contributed by atoms with Gasteiger partial charge in [0.15, 0.2) is 11.8 Å². The lowest BCUT2D eigenvalue weighted by Crippen LogP contribution is -2.36. The van der Waals surface area contributed by atoms with E-state index in [4.69, 9.17) is 15.2 Å². The van der Waals surface area contributed by atoms with E-state index in [0.717, 1.165) is 9.80 Å². The van der Waals surface area contributed by atoms with E-state index in [-0.39, 0.29) is 18.3 Å². The number of amides is 1. The van der Waals surface area contributed by atoms with Crippen LogP contribution in [0.4, 0.5) is 14.6 Å². The van der Waals surface area contributed by atoms with E-state index < -0.39 is 23.6 Å². The van der Waals surface area contributed by atoms with Gasteiger partial charge in [0.05, 0.1) is 17.4 Å². The SMILES string of the molecule is C[C@H](Sc1ccc2c(c1)OCCn1cc(N3C(=C=O)OC[C@H]3C(F)F)nc1-2)C(N)=O. The summed E-state index contributed by atoms with van der Waals surface area (Å²) in [4.78, 5) is 28.9. The van der Waals surface area contributed by atoms with Crippen molar-refractivity contribution >= 4 is 29.4 Å². The molecule has 2 aliphatic heterocycles. The smallest absolute Gasteiger partial charge is 0.284 e. The van der Waals surface area contributed by atoms with Crippen LogP contribution in [0.15, 0.2) is 35.2 Å². The average Bonchev–Trinajstić information content (AvgIpc) is 3.28. The van der Waals surface area contributed by atoms with Crippen molar-refractivity contribution in [1.29, 1.82) is 0 Å². The molecule has 0 spiro atoms. The summed E-state index contributed by atoms with van der Waals surface area (Å²) in [5.41, 5.74) is 5.99. The molecule has 8 nitrogen and oxygen atoms in total. The molecule has 0 aliphatic carbocycles. The van der Waals surface area contributed by atoms with Gasteiger partial charge >= 0.3 is 0 Å². The van der Waals surface area contributed by atoms with Gasteiger partial charge in [-0.1, -0.05) is 0 Å². The second kappa shape index (κ2) is 8.00. The molecule has 1 amide bonds. The Kier molecular flexibility index (Phi) is 5.40. The highest BCUT2D eigenvalue weighted by molar-refractivity contribution is 8.00. The number of carbonyl (C=O) groups is 1. The number of carbonyl (C=O) groups excluding carboxylic acids is 2. The number of imidazole rings is 1. The van der Waals surface area contributed by atoms with Gasteiger partial charge in [0.1, 0.15) is 30.8 Å². The van der Waals surface area contributed by atoms with Gasteiger partial charge in [-0.2, -0.15) is 0 Å². The summed E-state index contributed by atoms with van der Waals surface area (Å²) in [7, 11) is 0. The molecule has 2 atom stereocenters. The number of thioether (sulfide) groups is 1. The van der Waals surface area contributed by atoms with Gasteiger partial charge in [-0.15, -0.1) is 11.8 Å². The standard InChI is InChI=1S/C19H18F2N4O4S/c1-10(18(22)27)30-11-2-3-12-14(6-11)28-5-4-24-7-15(23-19(12)24)25-13(17(20)21)9-29-16(25)8-26/h2-3,6-7,10,13,17H,4-5,9H2,1H3,(H2,22,27)/t10-,13-/m0/s1. The fourth-order valence-corrected chi connectivity index (χ4v) is 4.14. The number of anilines is 1. The molecule has 3 heterocycles. The molecule has 1 saturated heterocycles. The molecule has 1 aromatic carbocycles. The van der Waals surface area contributed by atoms with Crippen LogP contribution in [0.25, 0.3) is 11.4 Å². The van der Waals surface area contributed by atoms with E-state index in [0.29, 0.717) is 30.3 Å². The predicted octanol–water partition coefficient (Wildman–Crippen LogP) is 2.05. The van der Waals surface area contributed by atoms with Crippen LogP contribution in [0.1, 0.15) is 6.92 Å². The molecular weight excluding hydrogens is 418 g/mol. The number of nitrogens with two attached hydrogens (primary N) is 1. The molecule has 4 rings (SSSR count). The molecule has 30 heavy (non-hydrogen) atoms. The lowest BCUT2D eigenvalue weighted by atomic mass is 10.2. The van der Waals surface area contributed by atoms with Crippen molar-refractivity contribution in [3.05, 3.63) is 30.3 Å². The van der Waals surface area contributed by atoms with E-state index in [1.165, 1.54) is 11.8 Å². The van der Waals surface area contributed by atoms with Crippen LogP contribution in [-0.4, -0.2) is 52.3 Å². The molecule has 2 N–H and O–H groups in total. The number of hydrogen-bond acceptors (Lipinski definition) is 7.